The largest absolute Gasteiger partial charge is 0.483 e. The first-order valence-corrected chi connectivity index (χ1v) is 10.5. The highest BCUT2D eigenvalue weighted by Gasteiger charge is 2.50. The van der Waals surface area contributed by atoms with Crippen LogP contribution in [-0.2, 0) is 9.53 Å². The number of fused-ring (bicyclic) bond motifs is 4. The van der Waals surface area contributed by atoms with Crippen molar-refractivity contribution in [2.45, 2.75) is 27.2 Å². The molecule has 0 unspecified atom stereocenters. The van der Waals surface area contributed by atoms with Crippen molar-refractivity contribution < 1.29 is 18.7 Å². The molecule has 5 rings (SSSR count). The number of rotatable bonds is 3. The van der Waals surface area contributed by atoms with Crippen LogP contribution in [-0.4, -0.2) is 43.7 Å². The summed E-state index contributed by atoms with van der Waals surface area (Å²) < 4.78 is 17.1. The third-order valence-electron chi connectivity index (χ3n) is 7.26. The van der Waals surface area contributed by atoms with Crippen molar-refractivity contribution in [3.05, 3.63) is 39.2 Å². The average Bonchev–Trinajstić information content (AvgIpc) is 3.35. The highest BCUT2D eigenvalue weighted by molar-refractivity contribution is 5.88. The third-order valence-corrected chi connectivity index (χ3v) is 7.26. The number of nitrogens with zero attached hydrogens (tertiary/aromatic N) is 1. The molecule has 1 amide bonds. The third kappa shape index (κ3) is 3.05. The van der Waals surface area contributed by atoms with Crippen LogP contribution in [0.25, 0.3) is 11.0 Å². The van der Waals surface area contributed by atoms with Gasteiger partial charge in [0.2, 0.25) is 0 Å². The van der Waals surface area contributed by atoms with Crippen molar-refractivity contribution in [2.24, 2.45) is 23.7 Å². The van der Waals surface area contributed by atoms with E-state index in [9.17, 15) is 9.59 Å². The smallest absolute Gasteiger partial charge is 0.339 e. The SMILES string of the molecule is Cc1cc(OCC(=O)N2C[C@@H]3C[C@@H]4COC[C@@H]4[C@@H]3C2)c2c(C)c(C)c(=O)oc2c1. The normalized spacial score (nSPS) is 28.0. The summed E-state index contributed by atoms with van der Waals surface area (Å²) in [6.45, 7) is 8.96. The Labute approximate surface area is 169 Å². The fourth-order valence-corrected chi connectivity index (χ4v) is 5.59. The van der Waals surface area contributed by atoms with E-state index in [0.29, 0.717) is 40.6 Å². The second-order valence-electron chi connectivity index (χ2n) is 8.98. The Balaban J connectivity index is 1.33. The Kier molecular flexibility index (Phi) is 4.42. The lowest BCUT2D eigenvalue weighted by molar-refractivity contribution is -0.132. The van der Waals surface area contributed by atoms with Gasteiger partial charge in [0.15, 0.2) is 6.61 Å². The van der Waals surface area contributed by atoms with E-state index in [1.165, 1.54) is 6.42 Å². The van der Waals surface area contributed by atoms with Gasteiger partial charge in [-0.25, -0.2) is 4.79 Å². The molecule has 4 atom stereocenters. The molecule has 3 aliphatic rings. The number of ether oxygens (including phenoxy) is 2. The fourth-order valence-electron chi connectivity index (χ4n) is 5.59. The topological polar surface area (TPSA) is 69.0 Å². The Hall–Kier alpha value is -2.34. The molecule has 0 N–H and O–H groups in total. The van der Waals surface area contributed by atoms with E-state index in [1.54, 1.807) is 6.92 Å². The molecule has 6 heteroatoms. The van der Waals surface area contributed by atoms with E-state index in [1.807, 2.05) is 30.9 Å². The molecule has 154 valence electrons. The van der Waals surface area contributed by atoms with E-state index < -0.39 is 0 Å². The molecule has 1 aromatic heterocycles. The van der Waals surface area contributed by atoms with Crippen LogP contribution in [0.5, 0.6) is 5.75 Å². The maximum absolute atomic E-state index is 12.9. The summed E-state index contributed by atoms with van der Waals surface area (Å²) in [6.07, 6.45) is 1.18. The van der Waals surface area contributed by atoms with Gasteiger partial charge in [0.1, 0.15) is 11.3 Å². The Morgan fingerprint density at radius 3 is 2.76 bits per heavy atom. The van der Waals surface area contributed by atoms with Gasteiger partial charge >= 0.3 is 5.63 Å². The molecule has 3 heterocycles. The predicted octanol–water partition coefficient (Wildman–Crippen LogP) is 2.84. The lowest BCUT2D eigenvalue weighted by atomic mass is 9.91. The summed E-state index contributed by atoms with van der Waals surface area (Å²) in [6, 6.07) is 3.74. The van der Waals surface area contributed by atoms with Crippen molar-refractivity contribution in [2.75, 3.05) is 32.9 Å². The van der Waals surface area contributed by atoms with Gasteiger partial charge < -0.3 is 18.8 Å². The first-order valence-electron chi connectivity index (χ1n) is 10.5. The zero-order valence-electron chi connectivity index (χ0n) is 17.2. The zero-order valence-corrected chi connectivity index (χ0v) is 17.2. The second kappa shape index (κ2) is 6.87. The summed E-state index contributed by atoms with van der Waals surface area (Å²) in [7, 11) is 0. The molecule has 2 aliphatic heterocycles. The van der Waals surface area contributed by atoms with E-state index >= 15 is 0 Å². The maximum Gasteiger partial charge on any atom is 0.339 e. The monoisotopic (exact) mass is 397 g/mol. The van der Waals surface area contributed by atoms with E-state index in [-0.39, 0.29) is 18.1 Å². The molecule has 2 saturated heterocycles. The number of aryl methyl sites for hydroxylation is 2. The Bertz CT molecular complexity index is 1040. The van der Waals surface area contributed by atoms with Crippen molar-refractivity contribution in [1.82, 2.24) is 4.90 Å². The molecule has 1 saturated carbocycles. The van der Waals surface area contributed by atoms with E-state index in [0.717, 1.165) is 42.8 Å². The summed E-state index contributed by atoms with van der Waals surface area (Å²) in [5, 5.41) is 0.768. The molecule has 0 bridgehead atoms. The highest BCUT2D eigenvalue weighted by atomic mass is 16.5. The van der Waals surface area contributed by atoms with Crippen LogP contribution in [0.15, 0.2) is 21.3 Å². The van der Waals surface area contributed by atoms with Gasteiger partial charge in [0.05, 0.1) is 12.0 Å². The molecular weight excluding hydrogens is 370 g/mol. The van der Waals surface area contributed by atoms with Crippen LogP contribution in [0.4, 0.5) is 0 Å². The fraction of sp³-hybridized carbons (Fsp3) is 0.565. The molecular formula is C23H27NO5. The number of carbonyl (C=O) groups excluding carboxylic acids is 1. The van der Waals surface area contributed by atoms with Gasteiger partial charge in [-0.2, -0.15) is 0 Å². The number of hydrogen-bond donors (Lipinski definition) is 0. The van der Waals surface area contributed by atoms with Gasteiger partial charge in [0, 0.05) is 25.3 Å². The Morgan fingerprint density at radius 1 is 1.10 bits per heavy atom. The summed E-state index contributed by atoms with van der Waals surface area (Å²) in [4.78, 5) is 26.8. The van der Waals surface area contributed by atoms with Gasteiger partial charge in [-0.15, -0.1) is 0 Å². The van der Waals surface area contributed by atoms with Crippen molar-refractivity contribution in [3.8, 4) is 5.75 Å². The molecule has 6 nitrogen and oxygen atoms in total. The minimum Gasteiger partial charge on any atom is -0.483 e. The maximum atomic E-state index is 12.9. The lowest BCUT2D eigenvalue weighted by Crippen LogP contribution is -2.34. The van der Waals surface area contributed by atoms with Crippen LogP contribution in [0.1, 0.15) is 23.1 Å². The number of likely N-dealkylation sites (tertiary alicyclic amines) is 1. The van der Waals surface area contributed by atoms with Crippen molar-refractivity contribution in [3.63, 3.8) is 0 Å². The second-order valence-corrected chi connectivity index (χ2v) is 8.98. The molecule has 0 spiro atoms. The predicted molar refractivity (Wildman–Crippen MR) is 108 cm³/mol. The minimum absolute atomic E-state index is 0.000201. The molecule has 29 heavy (non-hydrogen) atoms. The first-order chi connectivity index (χ1) is 13.9. The van der Waals surface area contributed by atoms with Crippen molar-refractivity contribution >= 4 is 16.9 Å². The van der Waals surface area contributed by atoms with Crippen molar-refractivity contribution in [1.29, 1.82) is 0 Å². The summed E-state index contributed by atoms with van der Waals surface area (Å²) in [5.41, 5.74) is 2.50. The van der Waals surface area contributed by atoms with Gasteiger partial charge in [-0.3, -0.25) is 4.79 Å². The van der Waals surface area contributed by atoms with Crippen LogP contribution in [0, 0.1) is 44.4 Å². The lowest BCUT2D eigenvalue weighted by Gasteiger charge is -2.21. The number of benzene rings is 1. The molecule has 1 aliphatic carbocycles. The van der Waals surface area contributed by atoms with Gasteiger partial charge in [-0.1, -0.05) is 0 Å². The van der Waals surface area contributed by atoms with Crippen LogP contribution in [0.3, 0.4) is 0 Å². The van der Waals surface area contributed by atoms with Crippen LogP contribution >= 0.6 is 0 Å². The summed E-state index contributed by atoms with van der Waals surface area (Å²) >= 11 is 0. The van der Waals surface area contributed by atoms with Gasteiger partial charge in [0.25, 0.3) is 5.91 Å². The summed E-state index contributed by atoms with van der Waals surface area (Å²) in [5.74, 6) is 3.12. The minimum atomic E-state index is -0.333. The molecule has 1 aromatic carbocycles. The first kappa shape index (κ1) is 18.7. The number of amides is 1. The van der Waals surface area contributed by atoms with Crippen LogP contribution < -0.4 is 10.4 Å². The van der Waals surface area contributed by atoms with Crippen LogP contribution in [0.2, 0.25) is 0 Å². The van der Waals surface area contributed by atoms with E-state index in [4.69, 9.17) is 13.9 Å². The van der Waals surface area contributed by atoms with E-state index in [2.05, 4.69) is 0 Å². The molecule has 3 fully saturated rings. The standard InChI is InChI=1S/C23H27NO5/c1-12-4-19(22-13(2)14(3)23(26)29-20(22)5-12)28-11-21(25)24-7-15-6-16-9-27-10-18(16)17(15)8-24/h4-5,15-18H,6-11H2,1-3H3/t15-,16+,17+,18-/m0/s1. The number of hydrogen-bond acceptors (Lipinski definition) is 5. The highest BCUT2D eigenvalue weighted by Crippen LogP contribution is 2.48. The quantitative estimate of drug-likeness (QED) is 0.745. The Morgan fingerprint density at radius 2 is 1.93 bits per heavy atom. The zero-order chi connectivity index (χ0) is 20.3. The molecule has 2 aromatic rings. The van der Waals surface area contributed by atoms with Gasteiger partial charge in [-0.05, 0) is 74.1 Å². The number of carbonyl (C=O) groups is 1. The average molecular weight is 397 g/mol. The molecule has 0 radical (unpaired) electrons.